The molecule has 0 aliphatic carbocycles. The molecule has 0 spiro atoms. The lowest BCUT2D eigenvalue weighted by molar-refractivity contribution is -0.272. The monoisotopic (exact) mass is 230 g/mol. The first-order valence-electron chi connectivity index (χ1n) is 6.49. The Labute approximate surface area is 99.4 Å². The van der Waals surface area contributed by atoms with Crippen LogP contribution in [0.1, 0.15) is 65.7 Å². The molecule has 96 valence electrons. The first-order valence-corrected chi connectivity index (χ1v) is 6.49. The Hall–Kier alpha value is -0.570. The molecule has 0 unspecified atom stereocenters. The molecule has 16 heavy (non-hydrogen) atoms. The first kappa shape index (κ1) is 15.4. The van der Waals surface area contributed by atoms with Crippen LogP contribution in [0.15, 0.2) is 0 Å². The first-order chi connectivity index (χ1) is 7.66. The van der Waals surface area contributed by atoms with Gasteiger partial charge in [-0.2, -0.15) is 4.89 Å². The highest BCUT2D eigenvalue weighted by atomic mass is 17.2. The molecule has 3 nitrogen and oxygen atoms in total. The number of unbranched alkanes of at least 4 members (excludes halogenated alkanes) is 3. The SMILES string of the molecule is CCCC(=O)OOCCCCCCC(C)C. The van der Waals surface area contributed by atoms with Gasteiger partial charge in [-0.1, -0.05) is 46.5 Å². The maximum absolute atomic E-state index is 10.9. The van der Waals surface area contributed by atoms with Gasteiger partial charge >= 0.3 is 5.97 Å². The zero-order chi connectivity index (χ0) is 12.2. The Morgan fingerprint density at radius 1 is 1.12 bits per heavy atom. The Kier molecular flexibility index (Phi) is 10.5. The van der Waals surface area contributed by atoms with E-state index < -0.39 is 0 Å². The van der Waals surface area contributed by atoms with Crippen LogP contribution in [-0.2, 0) is 14.6 Å². The van der Waals surface area contributed by atoms with Crippen LogP contribution >= 0.6 is 0 Å². The number of carbonyl (C=O) groups is 1. The van der Waals surface area contributed by atoms with Crippen molar-refractivity contribution in [2.45, 2.75) is 65.7 Å². The van der Waals surface area contributed by atoms with Crippen LogP contribution in [0.2, 0.25) is 0 Å². The number of rotatable bonds is 10. The number of hydrogen-bond acceptors (Lipinski definition) is 3. The fourth-order valence-electron chi connectivity index (χ4n) is 1.42. The Balaban J connectivity index is 3.07. The molecular weight excluding hydrogens is 204 g/mol. The molecule has 0 aliphatic heterocycles. The maximum atomic E-state index is 10.9. The largest absolute Gasteiger partial charge is 0.342 e. The molecule has 0 atom stereocenters. The fourth-order valence-corrected chi connectivity index (χ4v) is 1.42. The second kappa shape index (κ2) is 10.9. The van der Waals surface area contributed by atoms with Gasteiger partial charge in [-0.15, -0.1) is 0 Å². The van der Waals surface area contributed by atoms with Gasteiger partial charge in [0.05, 0.1) is 6.61 Å². The number of hydrogen-bond donors (Lipinski definition) is 0. The van der Waals surface area contributed by atoms with Gasteiger partial charge in [0, 0.05) is 6.42 Å². The van der Waals surface area contributed by atoms with Gasteiger partial charge in [0.25, 0.3) is 0 Å². The van der Waals surface area contributed by atoms with Crippen molar-refractivity contribution in [1.82, 2.24) is 0 Å². The maximum Gasteiger partial charge on any atom is 0.342 e. The molecule has 0 amide bonds. The van der Waals surface area contributed by atoms with E-state index in [9.17, 15) is 4.79 Å². The summed E-state index contributed by atoms with van der Waals surface area (Å²) in [5, 5.41) is 0. The second-order valence-electron chi connectivity index (χ2n) is 4.62. The summed E-state index contributed by atoms with van der Waals surface area (Å²) in [6.07, 6.45) is 7.19. The molecule has 0 aromatic rings. The summed E-state index contributed by atoms with van der Waals surface area (Å²) in [7, 11) is 0. The lowest BCUT2D eigenvalue weighted by atomic mass is 10.0. The summed E-state index contributed by atoms with van der Waals surface area (Å²) < 4.78 is 0. The van der Waals surface area contributed by atoms with Crippen molar-refractivity contribution >= 4 is 5.97 Å². The molecule has 0 aliphatic rings. The fraction of sp³-hybridized carbons (Fsp3) is 0.923. The molecule has 0 saturated heterocycles. The van der Waals surface area contributed by atoms with Gasteiger partial charge in [-0.25, -0.2) is 4.79 Å². The summed E-state index contributed by atoms with van der Waals surface area (Å²) in [4.78, 5) is 20.3. The predicted molar refractivity (Wildman–Crippen MR) is 64.9 cm³/mol. The van der Waals surface area contributed by atoms with Gasteiger partial charge in [0.2, 0.25) is 0 Å². The molecule has 0 N–H and O–H groups in total. The second-order valence-corrected chi connectivity index (χ2v) is 4.62. The molecule has 0 saturated carbocycles. The summed E-state index contributed by atoms with van der Waals surface area (Å²) in [6.45, 7) is 6.96. The molecule has 0 aromatic heterocycles. The third-order valence-electron chi connectivity index (χ3n) is 2.37. The molecule has 0 aromatic carbocycles. The van der Waals surface area contributed by atoms with Gasteiger partial charge in [-0.05, 0) is 18.8 Å². The van der Waals surface area contributed by atoms with Crippen molar-refractivity contribution in [2.75, 3.05) is 6.61 Å². The predicted octanol–water partition coefficient (Wildman–Crippen LogP) is 3.87. The van der Waals surface area contributed by atoms with Crippen LogP contribution in [0.3, 0.4) is 0 Å². The van der Waals surface area contributed by atoms with E-state index in [1.807, 2.05) is 6.92 Å². The van der Waals surface area contributed by atoms with Gasteiger partial charge in [-0.3, -0.25) is 4.89 Å². The summed E-state index contributed by atoms with van der Waals surface area (Å²) in [6, 6.07) is 0. The lowest BCUT2D eigenvalue weighted by Gasteiger charge is -2.04. The van der Waals surface area contributed by atoms with Crippen molar-refractivity contribution in [2.24, 2.45) is 5.92 Å². The average Bonchev–Trinajstić information content (AvgIpc) is 2.22. The summed E-state index contributed by atoms with van der Waals surface area (Å²) in [5.41, 5.74) is 0. The van der Waals surface area contributed by atoms with Crippen LogP contribution in [0.25, 0.3) is 0 Å². The summed E-state index contributed by atoms with van der Waals surface area (Å²) in [5.74, 6) is 0.536. The molecule has 0 radical (unpaired) electrons. The van der Waals surface area contributed by atoms with E-state index in [2.05, 4.69) is 18.7 Å². The highest BCUT2D eigenvalue weighted by Crippen LogP contribution is 2.09. The molecule has 0 bridgehead atoms. The Morgan fingerprint density at radius 3 is 2.44 bits per heavy atom. The molecule has 0 rings (SSSR count). The van der Waals surface area contributed by atoms with E-state index in [1.54, 1.807) is 0 Å². The van der Waals surface area contributed by atoms with Crippen LogP contribution in [-0.4, -0.2) is 12.6 Å². The van der Waals surface area contributed by atoms with E-state index in [0.29, 0.717) is 13.0 Å². The third-order valence-corrected chi connectivity index (χ3v) is 2.37. The Bertz CT molecular complexity index is 167. The quantitative estimate of drug-likeness (QED) is 0.325. The van der Waals surface area contributed by atoms with Gasteiger partial charge in [0.15, 0.2) is 0 Å². The van der Waals surface area contributed by atoms with Crippen molar-refractivity contribution in [3.8, 4) is 0 Å². The Morgan fingerprint density at radius 2 is 1.81 bits per heavy atom. The average molecular weight is 230 g/mol. The van der Waals surface area contributed by atoms with Gasteiger partial charge < -0.3 is 0 Å². The lowest BCUT2D eigenvalue weighted by Crippen LogP contribution is -2.05. The van der Waals surface area contributed by atoms with E-state index in [4.69, 9.17) is 4.89 Å². The van der Waals surface area contributed by atoms with Crippen LogP contribution in [0.4, 0.5) is 0 Å². The zero-order valence-corrected chi connectivity index (χ0v) is 11.0. The third kappa shape index (κ3) is 11.5. The van der Waals surface area contributed by atoms with E-state index >= 15 is 0 Å². The molecule has 3 heteroatoms. The van der Waals surface area contributed by atoms with Crippen molar-refractivity contribution < 1.29 is 14.6 Å². The minimum atomic E-state index is -0.262. The standard InChI is InChI=1S/C13H26O3/c1-4-9-13(14)16-15-11-8-6-5-7-10-12(2)3/h12H,4-11H2,1-3H3. The van der Waals surface area contributed by atoms with Crippen molar-refractivity contribution in [1.29, 1.82) is 0 Å². The highest BCUT2D eigenvalue weighted by molar-refractivity contribution is 5.68. The van der Waals surface area contributed by atoms with Crippen LogP contribution in [0.5, 0.6) is 0 Å². The van der Waals surface area contributed by atoms with Crippen molar-refractivity contribution in [3.63, 3.8) is 0 Å². The smallest absolute Gasteiger partial charge is 0.298 e. The van der Waals surface area contributed by atoms with Crippen molar-refractivity contribution in [3.05, 3.63) is 0 Å². The van der Waals surface area contributed by atoms with E-state index in [-0.39, 0.29) is 5.97 Å². The topological polar surface area (TPSA) is 35.5 Å². The van der Waals surface area contributed by atoms with Gasteiger partial charge in [0.1, 0.15) is 0 Å². The molecule has 0 fully saturated rings. The minimum Gasteiger partial charge on any atom is -0.298 e. The minimum absolute atomic E-state index is 0.262. The zero-order valence-electron chi connectivity index (χ0n) is 11.0. The highest BCUT2D eigenvalue weighted by Gasteiger charge is 2.01. The van der Waals surface area contributed by atoms with Crippen LogP contribution < -0.4 is 0 Å². The van der Waals surface area contributed by atoms with E-state index in [0.717, 1.165) is 25.2 Å². The van der Waals surface area contributed by atoms with E-state index in [1.165, 1.54) is 19.3 Å². The normalized spacial score (nSPS) is 10.8. The summed E-state index contributed by atoms with van der Waals surface area (Å²) >= 11 is 0. The molecule has 0 heterocycles. The van der Waals surface area contributed by atoms with Crippen LogP contribution in [0, 0.1) is 5.92 Å². The molecular formula is C13H26O3. The number of carbonyl (C=O) groups excluding carboxylic acids is 1.